The van der Waals surface area contributed by atoms with Crippen LogP contribution >= 0.6 is 0 Å². The van der Waals surface area contributed by atoms with Crippen molar-refractivity contribution in [2.75, 3.05) is 6.54 Å². The van der Waals surface area contributed by atoms with Gasteiger partial charge in [0.2, 0.25) is 0 Å². The van der Waals surface area contributed by atoms with Crippen LogP contribution in [0.5, 0.6) is 0 Å². The Morgan fingerprint density at radius 2 is 1.81 bits per heavy atom. The van der Waals surface area contributed by atoms with Crippen molar-refractivity contribution in [2.45, 2.75) is 19.5 Å². The molecule has 0 saturated heterocycles. The van der Waals surface area contributed by atoms with Crippen LogP contribution < -0.4 is 0 Å². The van der Waals surface area contributed by atoms with E-state index in [1.165, 1.54) is 27.6 Å². The molecular weight excluding hydrogens is 330 g/mol. The normalized spacial score (nSPS) is 13.8. The third-order valence-corrected chi connectivity index (χ3v) is 5.36. The third-order valence-electron chi connectivity index (χ3n) is 5.36. The average Bonchev–Trinajstić information content (AvgIpc) is 3.16. The molecule has 4 aromatic rings. The molecule has 0 radical (unpaired) electrons. The second-order valence-corrected chi connectivity index (χ2v) is 7.14. The Morgan fingerprint density at radius 1 is 0.852 bits per heavy atom. The minimum absolute atomic E-state index is 0.973. The molecule has 0 unspecified atom stereocenters. The lowest BCUT2D eigenvalue weighted by molar-refractivity contribution is 0.287. The molecule has 0 aliphatic carbocycles. The standard InChI is InChI=1S/C24H21N3/c1-2-9-24-18(5-1)10-11-21(26-24)12-14-27-16-20-6-3-8-22(23(20)17-27)19-7-4-13-25-15-19/h1-11,13,15H,12,14,16-17H2. The summed E-state index contributed by atoms with van der Waals surface area (Å²) in [5.74, 6) is 0. The van der Waals surface area contributed by atoms with Crippen LogP contribution in [0.1, 0.15) is 16.8 Å². The van der Waals surface area contributed by atoms with Crippen molar-refractivity contribution >= 4 is 10.9 Å². The van der Waals surface area contributed by atoms with Gasteiger partial charge >= 0.3 is 0 Å². The number of nitrogens with zero attached hydrogens (tertiary/aromatic N) is 3. The summed E-state index contributed by atoms with van der Waals surface area (Å²) in [5.41, 5.74) is 7.63. The molecule has 1 aliphatic heterocycles. The van der Waals surface area contributed by atoms with Gasteiger partial charge in [-0.2, -0.15) is 0 Å². The Bertz CT molecular complexity index is 1090. The van der Waals surface area contributed by atoms with Gasteiger partial charge in [0.15, 0.2) is 0 Å². The van der Waals surface area contributed by atoms with E-state index in [9.17, 15) is 0 Å². The Hall–Kier alpha value is -3.04. The Kier molecular flexibility index (Phi) is 4.15. The lowest BCUT2D eigenvalue weighted by Gasteiger charge is -2.15. The SMILES string of the molecule is c1cncc(-c2cccc3c2CN(CCc2ccc4ccccc4n2)C3)c1. The van der Waals surface area contributed by atoms with Crippen LogP contribution in [0.4, 0.5) is 0 Å². The van der Waals surface area contributed by atoms with E-state index in [4.69, 9.17) is 4.98 Å². The van der Waals surface area contributed by atoms with Crippen molar-refractivity contribution in [3.63, 3.8) is 0 Å². The summed E-state index contributed by atoms with van der Waals surface area (Å²) in [4.78, 5) is 11.6. The topological polar surface area (TPSA) is 29.0 Å². The summed E-state index contributed by atoms with van der Waals surface area (Å²) >= 11 is 0. The average molecular weight is 351 g/mol. The summed E-state index contributed by atoms with van der Waals surface area (Å²) < 4.78 is 0. The van der Waals surface area contributed by atoms with Crippen molar-refractivity contribution in [3.8, 4) is 11.1 Å². The van der Waals surface area contributed by atoms with Gasteiger partial charge in [0.05, 0.1) is 5.52 Å². The minimum atomic E-state index is 0.973. The van der Waals surface area contributed by atoms with Crippen LogP contribution in [-0.2, 0) is 19.5 Å². The monoisotopic (exact) mass is 351 g/mol. The number of pyridine rings is 2. The van der Waals surface area contributed by atoms with Crippen LogP contribution in [0.2, 0.25) is 0 Å². The molecule has 2 aromatic heterocycles. The zero-order valence-electron chi connectivity index (χ0n) is 15.2. The molecule has 3 heteroatoms. The summed E-state index contributed by atoms with van der Waals surface area (Å²) in [6.45, 7) is 3.03. The lowest BCUT2D eigenvalue weighted by Crippen LogP contribution is -2.19. The summed E-state index contributed by atoms with van der Waals surface area (Å²) in [7, 11) is 0. The van der Waals surface area contributed by atoms with Gasteiger partial charge in [0, 0.05) is 55.1 Å². The number of rotatable bonds is 4. The zero-order valence-corrected chi connectivity index (χ0v) is 15.2. The number of para-hydroxylation sites is 1. The first-order chi connectivity index (χ1) is 13.4. The Labute approximate surface area is 159 Å². The van der Waals surface area contributed by atoms with Crippen molar-refractivity contribution in [2.24, 2.45) is 0 Å². The van der Waals surface area contributed by atoms with E-state index in [2.05, 4.69) is 70.5 Å². The molecule has 0 spiro atoms. The van der Waals surface area contributed by atoms with Crippen molar-refractivity contribution in [3.05, 3.63) is 95.9 Å². The van der Waals surface area contributed by atoms with Crippen molar-refractivity contribution in [1.29, 1.82) is 0 Å². The molecule has 0 N–H and O–H groups in total. The smallest absolute Gasteiger partial charge is 0.0705 e. The maximum absolute atomic E-state index is 4.82. The molecule has 5 rings (SSSR count). The predicted molar refractivity (Wildman–Crippen MR) is 109 cm³/mol. The van der Waals surface area contributed by atoms with E-state index >= 15 is 0 Å². The van der Waals surface area contributed by atoms with Gasteiger partial charge in [0.1, 0.15) is 0 Å². The molecule has 2 aromatic carbocycles. The number of aromatic nitrogens is 2. The first-order valence-electron chi connectivity index (χ1n) is 9.45. The Balaban J connectivity index is 1.32. The molecule has 27 heavy (non-hydrogen) atoms. The Morgan fingerprint density at radius 3 is 2.74 bits per heavy atom. The van der Waals surface area contributed by atoms with Crippen LogP contribution in [0.25, 0.3) is 22.0 Å². The quantitative estimate of drug-likeness (QED) is 0.526. The van der Waals surface area contributed by atoms with E-state index in [0.717, 1.165) is 37.3 Å². The van der Waals surface area contributed by atoms with Crippen LogP contribution in [-0.4, -0.2) is 21.4 Å². The molecule has 0 bridgehead atoms. The van der Waals surface area contributed by atoms with Crippen LogP contribution in [0.15, 0.2) is 79.1 Å². The molecule has 3 heterocycles. The summed E-state index contributed by atoms with van der Waals surface area (Å²) in [6, 6.07) is 23.4. The number of hydrogen-bond acceptors (Lipinski definition) is 3. The number of fused-ring (bicyclic) bond motifs is 2. The van der Waals surface area contributed by atoms with E-state index in [-0.39, 0.29) is 0 Å². The van der Waals surface area contributed by atoms with E-state index in [1.807, 2.05) is 18.5 Å². The van der Waals surface area contributed by atoms with Gasteiger partial charge < -0.3 is 0 Å². The molecule has 0 saturated carbocycles. The maximum Gasteiger partial charge on any atom is 0.0705 e. The van der Waals surface area contributed by atoms with Gasteiger partial charge in [-0.25, -0.2) is 0 Å². The van der Waals surface area contributed by atoms with Crippen molar-refractivity contribution < 1.29 is 0 Å². The molecule has 132 valence electrons. The second-order valence-electron chi connectivity index (χ2n) is 7.14. The summed E-state index contributed by atoms with van der Waals surface area (Å²) in [6.07, 6.45) is 4.76. The summed E-state index contributed by atoms with van der Waals surface area (Å²) in [5, 5.41) is 1.20. The predicted octanol–water partition coefficient (Wildman–Crippen LogP) is 4.86. The molecule has 3 nitrogen and oxygen atoms in total. The minimum Gasteiger partial charge on any atom is -0.294 e. The first-order valence-corrected chi connectivity index (χ1v) is 9.45. The van der Waals surface area contributed by atoms with Crippen molar-refractivity contribution in [1.82, 2.24) is 14.9 Å². The highest BCUT2D eigenvalue weighted by molar-refractivity contribution is 5.78. The number of hydrogen-bond donors (Lipinski definition) is 0. The fourth-order valence-electron chi connectivity index (χ4n) is 3.96. The molecule has 0 amide bonds. The maximum atomic E-state index is 4.82. The fraction of sp³-hybridized carbons (Fsp3) is 0.167. The molecule has 0 fully saturated rings. The second kappa shape index (κ2) is 6.93. The largest absolute Gasteiger partial charge is 0.294 e. The van der Waals surface area contributed by atoms with Gasteiger partial charge in [-0.3, -0.25) is 14.9 Å². The van der Waals surface area contributed by atoms with E-state index in [0.29, 0.717) is 0 Å². The molecule has 1 aliphatic rings. The first kappa shape index (κ1) is 16.2. The van der Waals surface area contributed by atoms with Gasteiger partial charge in [-0.15, -0.1) is 0 Å². The van der Waals surface area contributed by atoms with E-state index in [1.54, 1.807) is 0 Å². The highest BCUT2D eigenvalue weighted by atomic mass is 15.1. The van der Waals surface area contributed by atoms with Gasteiger partial charge in [-0.05, 0) is 34.9 Å². The molecule has 0 atom stereocenters. The number of benzene rings is 2. The van der Waals surface area contributed by atoms with Crippen LogP contribution in [0.3, 0.4) is 0 Å². The zero-order chi connectivity index (χ0) is 18.1. The molecular formula is C24H21N3. The fourth-order valence-corrected chi connectivity index (χ4v) is 3.96. The lowest BCUT2D eigenvalue weighted by atomic mass is 9.98. The van der Waals surface area contributed by atoms with Gasteiger partial charge in [0.25, 0.3) is 0 Å². The van der Waals surface area contributed by atoms with E-state index < -0.39 is 0 Å². The highest BCUT2D eigenvalue weighted by Crippen LogP contribution is 2.32. The highest BCUT2D eigenvalue weighted by Gasteiger charge is 2.21. The van der Waals surface area contributed by atoms with Crippen LogP contribution in [0, 0.1) is 0 Å². The van der Waals surface area contributed by atoms with Gasteiger partial charge in [-0.1, -0.05) is 48.5 Å². The third kappa shape index (κ3) is 3.22.